The third kappa shape index (κ3) is 3.09. The summed E-state index contributed by atoms with van der Waals surface area (Å²) < 4.78 is 2.58. The van der Waals surface area contributed by atoms with Crippen molar-refractivity contribution in [1.29, 1.82) is 0 Å². The third-order valence-corrected chi connectivity index (χ3v) is 4.46. The number of anilines is 1. The molecule has 0 saturated heterocycles. The summed E-state index contributed by atoms with van der Waals surface area (Å²) in [7, 11) is 0. The SMILES string of the molecule is CC(C)n1ccc(C(=O)Nc2ccc3sc(C(=O)O)cc3c2)n1. The lowest BCUT2D eigenvalue weighted by atomic mass is 10.2. The van der Waals surface area contributed by atoms with Gasteiger partial charge < -0.3 is 10.4 Å². The maximum Gasteiger partial charge on any atom is 0.345 e. The van der Waals surface area contributed by atoms with Crippen molar-refractivity contribution in [1.82, 2.24) is 9.78 Å². The van der Waals surface area contributed by atoms with Crippen molar-refractivity contribution in [2.45, 2.75) is 19.9 Å². The van der Waals surface area contributed by atoms with Gasteiger partial charge in [0, 0.05) is 22.6 Å². The molecule has 1 aromatic carbocycles. The number of thiophene rings is 1. The van der Waals surface area contributed by atoms with Crippen molar-refractivity contribution < 1.29 is 14.7 Å². The first kappa shape index (κ1) is 15.2. The fraction of sp³-hybridized carbons (Fsp3) is 0.188. The molecule has 3 rings (SSSR count). The van der Waals surface area contributed by atoms with Gasteiger partial charge in [-0.15, -0.1) is 11.3 Å². The molecule has 0 bridgehead atoms. The predicted molar refractivity (Wildman–Crippen MR) is 89.3 cm³/mol. The largest absolute Gasteiger partial charge is 0.477 e. The Kier molecular flexibility index (Phi) is 3.87. The van der Waals surface area contributed by atoms with Gasteiger partial charge >= 0.3 is 5.97 Å². The summed E-state index contributed by atoms with van der Waals surface area (Å²) in [6.07, 6.45) is 1.76. The number of fused-ring (bicyclic) bond motifs is 1. The van der Waals surface area contributed by atoms with Gasteiger partial charge in [-0.1, -0.05) is 0 Å². The summed E-state index contributed by atoms with van der Waals surface area (Å²) in [5.74, 6) is -1.24. The fourth-order valence-electron chi connectivity index (χ4n) is 2.17. The summed E-state index contributed by atoms with van der Waals surface area (Å²) in [6, 6.07) is 8.77. The van der Waals surface area contributed by atoms with Crippen molar-refractivity contribution in [2.24, 2.45) is 0 Å². The average Bonchev–Trinajstić information content (AvgIpc) is 3.13. The maximum absolute atomic E-state index is 12.2. The van der Waals surface area contributed by atoms with Gasteiger partial charge in [0.25, 0.3) is 5.91 Å². The van der Waals surface area contributed by atoms with Crippen LogP contribution in [0, 0.1) is 0 Å². The molecule has 2 N–H and O–H groups in total. The van der Waals surface area contributed by atoms with Crippen molar-refractivity contribution in [3.8, 4) is 0 Å². The van der Waals surface area contributed by atoms with E-state index in [-0.39, 0.29) is 16.8 Å². The summed E-state index contributed by atoms with van der Waals surface area (Å²) in [4.78, 5) is 23.5. The molecule has 0 fully saturated rings. The smallest absolute Gasteiger partial charge is 0.345 e. The van der Waals surface area contributed by atoms with Crippen LogP contribution in [0.25, 0.3) is 10.1 Å². The van der Waals surface area contributed by atoms with Crippen molar-refractivity contribution in [3.63, 3.8) is 0 Å². The zero-order chi connectivity index (χ0) is 16.6. The van der Waals surface area contributed by atoms with Crippen LogP contribution in [0.2, 0.25) is 0 Å². The van der Waals surface area contributed by atoms with Gasteiger partial charge in [-0.05, 0) is 49.6 Å². The summed E-state index contributed by atoms with van der Waals surface area (Å²) in [5, 5.41) is 16.8. The molecule has 0 radical (unpaired) electrons. The summed E-state index contributed by atoms with van der Waals surface area (Å²) in [6.45, 7) is 3.97. The molecule has 0 aliphatic carbocycles. The van der Waals surface area contributed by atoms with Crippen molar-refractivity contribution in [2.75, 3.05) is 5.32 Å². The number of aromatic carboxylic acids is 1. The van der Waals surface area contributed by atoms with Crippen LogP contribution < -0.4 is 5.32 Å². The highest BCUT2D eigenvalue weighted by atomic mass is 32.1. The van der Waals surface area contributed by atoms with Crippen LogP contribution in [0.1, 0.15) is 40.0 Å². The van der Waals surface area contributed by atoms with Crippen molar-refractivity contribution in [3.05, 3.63) is 47.1 Å². The van der Waals surface area contributed by atoms with E-state index in [0.29, 0.717) is 11.4 Å². The molecule has 118 valence electrons. The van der Waals surface area contributed by atoms with Crippen LogP contribution in [0.15, 0.2) is 36.5 Å². The third-order valence-electron chi connectivity index (χ3n) is 3.36. The molecule has 0 saturated carbocycles. The molecule has 2 heterocycles. The lowest BCUT2D eigenvalue weighted by Gasteiger charge is -2.05. The molecule has 0 unspecified atom stereocenters. The first-order valence-corrected chi connectivity index (χ1v) is 7.89. The minimum Gasteiger partial charge on any atom is -0.477 e. The maximum atomic E-state index is 12.2. The molecular weight excluding hydrogens is 314 g/mol. The zero-order valence-corrected chi connectivity index (χ0v) is 13.4. The second-order valence-corrected chi connectivity index (χ2v) is 6.48. The molecule has 1 amide bonds. The Hall–Kier alpha value is -2.67. The Morgan fingerprint density at radius 1 is 1.26 bits per heavy atom. The number of hydrogen-bond donors (Lipinski definition) is 2. The summed E-state index contributed by atoms with van der Waals surface area (Å²) in [5.41, 5.74) is 0.951. The van der Waals surface area contributed by atoms with Crippen LogP contribution >= 0.6 is 11.3 Å². The van der Waals surface area contributed by atoms with E-state index < -0.39 is 5.97 Å². The Morgan fingerprint density at radius 2 is 2.04 bits per heavy atom. The number of aromatic nitrogens is 2. The Labute approximate surface area is 136 Å². The monoisotopic (exact) mass is 329 g/mol. The van der Waals surface area contributed by atoms with E-state index in [2.05, 4.69) is 10.4 Å². The number of rotatable bonds is 4. The van der Waals surface area contributed by atoms with Crippen LogP contribution in [-0.2, 0) is 0 Å². The molecule has 7 heteroatoms. The molecule has 6 nitrogen and oxygen atoms in total. The van der Waals surface area contributed by atoms with Crippen LogP contribution in [0.3, 0.4) is 0 Å². The quantitative estimate of drug-likeness (QED) is 0.765. The number of carboxylic acid groups (broad SMARTS) is 1. The number of amides is 1. The van der Waals surface area contributed by atoms with E-state index in [4.69, 9.17) is 5.11 Å². The van der Waals surface area contributed by atoms with Gasteiger partial charge in [-0.3, -0.25) is 9.48 Å². The Bertz CT molecular complexity index is 895. The minimum atomic E-state index is -0.948. The normalized spacial score (nSPS) is 11.1. The van der Waals surface area contributed by atoms with E-state index in [9.17, 15) is 9.59 Å². The number of carbonyl (C=O) groups is 2. The number of nitrogens with one attached hydrogen (secondary N) is 1. The number of benzene rings is 1. The first-order valence-electron chi connectivity index (χ1n) is 7.07. The van der Waals surface area contributed by atoms with Gasteiger partial charge in [0.2, 0.25) is 0 Å². The van der Waals surface area contributed by atoms with E-state index in [1.54, 1.807) is 41.2 Å². The van der Waals surface area contributed by atoms with Gasteiger partial charge in [0.15, 0.2) is 5.69 Å². The van der Waals surface area contributed by atoms with Crippen molar-refractivity contribution >= 4 is 39.0 Å². The summed E-state index contributed by atoms with van der Waals surface area (Å²) >= 11 is 1.21. The predicted octanol–water partition coefficient (Wildman–Crippen LogP) is 3.63. The zero-order valence-electron chi connectivity index (χ0n) is 12.6. The van der Waals surface area contributed by atoms with Gasteiger partial charge in [0.1, 0.15) is 4.88 Å². The molecule has 23 heavy (non-hydrogen) atoms. The van der Waals surface area contributed by atoms with E-state index >= 15 is 0 Å². The molecule has 0 aliphatic rings. The van der Waals surface area contributed by atoms with E-state index in [0.717, 1.165) is 10.1 Å². The minimum absolute atomic E-state index is 0.188. The number of nitrogens with zero attached hydrogens (tertiary/aromatic N) is 2. The van der Waals surface area contributed by atoms with Gasteiger partial charge in [0.05, 0.1) is 0 Å². The van der Waals surface area contributed by atoms with Crippen LogP contribution in [0.5, 0.6) is 0 Å². The highest BCUT2D eigenvalue weighted by Crippen LogP contribution is 2.28. The van der Waals surface area contributed by atoms with Gasteiger partial charge in [-0.2, -0.15) is 5.10 Å². The molecular formula is C16H15N3O3S. The average molecular weight is 329 g/mol. The number of carbonyl (C=O) groups excluding carboxylic acids is 1. The molecule has 3 aromatic rings. The van der Waals surface area contributed by atoms with E-state index in [1.165, 1.54) is 11.3 Å². The molecule has 2 aromatic heterocycles. The van der Waals surface area contributed by atoms with Crippen LogP contribution in [-0.4, -0.2) is 26.8 Å². The Morgan fingerprint density at radius 3 is 2.70 bits per heavy atom. The van der Waals surface area contributed by atoms with E-state index in [1.807, 2.05) is 13.8 Å². The standard InChI is InChI=1S/C16H15N3O3S/c1-9(2)19-6-5-12(18-19)15(20)17-11-3-4-13-10(7-11)8-14(23-13)16(21)22/h3-9H,1-2H3,(H,17,20)(H,21,22). The number of hydrogen-bond acceptors (Lipinski definition) is 4. The molecule has 0 spiro atoms. The highest BCUT2D eigenvalue weighted by Gasteiger charge is 2.13. The number of carboxylic acids is 1. The Balaban J connectivity index is 1.82. The fourth-order valence-corrected chi connectivity index (χ4v) is 3.05. The van der Waals surface area contributed by atoms with Crippen LogP contribution in [0.4, 0.5) is 5.69 Å². The highest BCUT2D eigenvalue weighted by molar-refractivity contribution is 7.20. The lowest BCUT2D eigenvalue weighted by molar-refractivity contribution is 0.0702. The second-order valence-electron chi connectivity index (χ2n) is 5.40. The topological polar surface area (TPSA) is 84.2 Å². The first-order chi connectivity index (χ1) is 10.9. The molecule has 0 atom stereocenters. The second kappa shape index (κ2) is 5.85. The molecule has 0 aliphatic heterocycles. The lowest BCUT2D eigenvalue weighted by Crippen LogP contribution is -2.13. The van der Waals surface area contributed by atoms with Gasteiger partial charge in [-0.25, -0.2) is 4.79 Å².